The average Bonchev–Trinajstić information content (AvgIpc) is 2.63. The van der Waals surface area contributed by atoms with Crippen molar-refractivity contribution in [2.24, 2.45) is 0 Å². The summed E-state index contributed by atoms with van der Waals surface area (Å²) in [6, 6.07) is 4.42. The van der Waals surface area contributed by atoms with Gasteiger partial charge in [0, 0.05) is 19.6 Å². The zero-order valence-electron chi connectivity index (χ0n) is 9.93. The highest BCUT2D eigenvalue weighted by Gasteiger charge is 2.23. The Morgan fingerprint density at radius 2 is 2.29 bits per heavy atom. The van der Waals surface area contributed by atoms with Gasteiger partial charge in [-0.25, -0.2) is 4.39 Å². The third-order valence-corrected chi connectivity index (χ3v) is 3.27. The van der Waals surface area contributed by atoms with Gasteiger partial charge in [-0.05, 0) is 36.6 Å². The fourth-order valence-corrected chi connectivity index (χ4v) is 2.33. The maximum Gasteiger partial charge on any atom is 0.123 e. The van der Waals surface area contributed by atoms with Crippen LogP contribution in [0.5, 0.6) is 0 Å². The number of nitrogens with zero attached hydrogens (tertiary/aromatic N) is 1. The molecule has 1 aliphatic rings. The van der Waals surface area contributed by atoms with Gasteiger partial charge in [0.1, 0.15) is 5.82 Å². The lowest BCUT2D eigenvalue weighted by Crippen LogP contribution is -2.27. The Bertz CT molecular complexity index is 397. The Morgan fingerprint density at radius 1 is 1.53 bits per heavy atom. The van der Waals surface area contributed by atoms with Crippen molar-refractivity contribution in [3.8, 4) is 0 Å². The van der Waals surface area contributed by atoms with Crippen LogP contribution in [0.1, 0.15) is 23.7 Å². The number of aryl methyl sites for hydroxylation is 1. The molecule has 0 amide bonds. The monoisotopic (exact) mass is 239 g/mol. The number of benzene rings is 1. The maximum absolute atomic E-state index is 12.9. The highest BCUT2D eigenvalue weighted by Crippen LogP contribution is 2.21. The summed E-state index contributed by atoms with van der Waals surface area (Å²) >= 11 is 0. The normalized spacial score (nSPS) is 22.9. The smallest absolute Gasteiger partial charge is 0.123 e. The van der Waals surface area contributed by atoms with Crippen molar-refractivity contribution in [2.45, 2.75) is 25.6 Å². The number of hydrogen-bond acceptors (Lipinski definition) is 3. The van der Waals surface area contributed by atoms with Gasteiger partial charge in [-0.3, -0.25) is 4.90 Å². The minimum atomic E-state index is -0.624. The quantitative estimate of drug-likeness (QED) is 0.834. The molecule has 2 rings (SSSR count). The van der Waals surface area contributed by atoms with Gasteiger partial charge >= 0.3 is 0 Å². The predicted molar refractivity (Wildman–Crippen MR) is 63.2 cm³/mol. The van der Waals surface area contributed by atoms with Gasteiger partial charge in [0.2, 0.25) is 0 Å². The molecule has 1 aromatic carbocycles. The van der Waals surface area contributed by atoms with E-state index in [-0.39, 0.29) is 11.9 Å². The standard InChI is InChI=1S/C13H18FNO2/c1-9-6-10(14)2-3-12(9)13(17)8-15-5-4-11(16)7-15/h2-3,6,11,13,16-17H,4-5,7-8H2,1H3. The molecule has 1 heterocycles. The summed E-state index contributed by atoms with van der Waals surface area (Å²) in [5.41, 5.74) is 1.52. The van der Waals surface area contributed by atoms with E-state index in [2.05, 4.69) is 0 Å². The second kappa shape index (κ2) is 5.12. The lowest BCUT2D eigenvalue weighted by Gasteiger charge is -2.21. The first-order chi connectivity index (χ1) is 8.06. The van der Waals surface area contributed by atoms with Gasteiger partial charge < -0.3 is 10.2 Å². The van der Waals surface area contributed by atoms with Crippen molar-refractivity contribution in [1.82, 2.24) is 4.90 Å². The van der Waals surface area contributed by atoms with Crippen molar-refractivity contribution in [3.63, 3.8) is 0 Å². The molecule has 0 spiro atoms. The number of aliphatic hydroxyl groups is 2. The minimum Gasteiger partial charge on any atom is -0.392 e. The first-order valence-electron chi connectivity index (χ1n) is 5.91. The van der Waals surface area contributed by atoms with Crippen LogP contribution in [-0.4, -0.2) is 40.9 Å². The van der Waals surface area contributed by atoms with E-state index in [0.29, 0.717) is 13.1 Å². The number of rotatable bonds is 3. The van der Waals surface area contributed by atoms with E-state index in [1.807, 2.05) is 4.90 Å². The van der Waals surface area contributed by atoms with E-state index in [1.54, 1.807) is 13.0 Å². The molecule has 0 bridgehead atoms. The Morgan fingerprint density at radius 3 is 2.88 bits per heavy atom. The average molecular weight is 239 g/mol. The van der Waals surface area contributed by atoms with Crippen LogP contribution >= 0.6 is 0 Å². The molecule has 2 unspecified atom stereocenters. The molecule has 0 radical (unpaired) electrons. The molecule has 3 nitrogen and oxygen atoms in total. The maximum atomic E-state index is 12.9. The lowest BCUT2D eigenvalue weighted by molar-refractivity contribution is 0.113. The third kappa shape index (κ3) is 3.03. The summed E-state index contributed by atoms with van der Waals surface area (Å²) in [5, 5.41) is 19.5. The second-order valence-corrected chi connectivity index (χ2v) is 4.72. The summed E-state index contributed by atoms with van der Waals surface area (Å²) in [7, 11) is 0. The number of likely N-dealkylation sites (tertiary alicyclic amines) is 1. The predicted octanol–water partition coefficient (Wildman–Crippen LogP) is 1.23. The van der Waals surface area contributed by atoms with Crippen LogP contribution in [0.2, 0.25) is 0 Å². The molecule has 0 aromatic heterocycles. The van der Waals surface area contributed by atoms with Crippen LogP contribution in [0, 0.1) is 12.7 Å². The van der Waals surface area contributed by atoms with E-state index in [4.69, 9.17) is 0 Å². The fourth-order valence-electron chi connectivity index (χ4n) is 2.33. The summed E-state index contributed by atoms with van der Waals surface area (Å²) in [6.07, 6.45) is -0.146. The highest BCUT2D eigenvalue weighted by molar-refractivity contribution is 5.28. The first-order valence-corrected chi connectivity index (χ1v) is 5.91. The van der Waals surface area contributed by atoms with Crippen LogP contribution in [0.25, 0.3) is 0 Å². The van der Waals surface area contributed by atoms with Crippen molar-refractivity contribution < 1.29 is 14.6 Å². The number of β-amino-alcohol motifs (C(OH)–C–C–N with tert-alkyl or cyclic N) is 2. The van der Waals surface area contributed by atoms with E-state index < -0.39 is 6.10 Å². The molecule has 0 saturated carbocycles. The molecule has 0 aliphatic carbocycles. The minimum absolute atomic E-state index is 0.281. The molecule has 2 N–H and O–H groups in total. The number of halogens is 1. The zero-order valence-corrected chi connectivity index (χ0v) is 9.93. The van der Waals surface area contributed by atoms with Crippen molar-refractivity contribution >= 4 is 0 Å². The fraction of sp³-hybridized carbons (Fsp3) is 0.538. The Balaban J connectivity index is 2.01. The zero-order chi connectivity index (χ0) is 12.4. The second-order valence-electron chi connectivity index (χ2n) is 4.72. The molecular formula is C13H18FNO2. The topological polar surface area (TPSA) is 43.7 Å². The van der Waals surface area contributed by atoms with E-state index >= 15 is 0 Å². The van der Waals surface area contributed by atoms with Gasteiger partial charge in [-0.2, -0.15) is 0 Å². The highest BCUT2D eigenvalue weighted by atomic mass is 19.1. The van der Waals surface area contributed by atoms with Gasteiger partial charge in [-0.15, -0.1) is 0 Å². The molecule has 1 aliphatic heterocycles. The van der Waals surface area contributed by atoms with Gasteiger partial charge in [-0.1, -0.05) is 6.07 Å². The molecule has 94 valence electrons. The van der Waals surface area contributed by atoms with Crippen LogP contribution in [0.4, 0.5) is 4.39 Å². The Labute approximate surface area is 100 Å². The number of hydrogen-bond donors (Lipinski definition) is 2. The molecule has 1 saturated heterocycles. The van der Waals surface area contributed by atoms with E-state index in [9.17, 15) is 14.6 Å². The van der Waals surface area contributed by atoms with Crippen LogP contribution < -0.4 is 0 Å². The number of aliphatic hydroxyl groups excluding tert-OH is 2. The summed E-state index contributed by atoms with van der Waals surface area (Å²) < 4.78 is 12.9. The van der Waals surface area contributed by atoms with E-state index in [1.165, 1.54) is 12.1 Å². The van der Waals surface area contributed by atoms with Gasteiger partial charge in [0.15, 0.2) is 0 Å². The molecule has 1 aromatic rings. The summed E-state index contributed by atoms with van der Waals surface area (Å²) in [6.45, 7) is 3.69. The first kappa shape index (κ1) is 12.5. The van der Waals surface area contributed by atoms with Crippen LogP contribution in [0.3, 0.4) is 0 Å². The summed E-state index contributed by atoms with van der Waals surface area (Å²) in [5.74, 6) is -0.282. The molecule has 17 heavy (non-hydrogen) atoms. The molecule has 2 atom stereocenters. The largest absolute Gasteiger partial charge is 0.392 e. The van der Waals surface area contributed by atoms with Crippen molar-refractivity contribution in [2.75, 3.05) is 19.6 Å². The molecule has 1 fully saturated rings. The van der Waals surface area contributed by atoms with Gasteiger partial charge in [0.05, 0.1) is 12.2 Å². The SMILES string of the molecule is Cc1cc(F)ccc1C(O)CN1CCC(O)C1. The van der Waals surface area contributed by atoms with E-state index in [0.717, 1.165) is 24.1 Å². The third-order valence-electron chi connectivity index (χ3n) is 3.27. The summed E-state index contributed by atoms with van der Waals surface area (Å²) in [4.78, 5) is 2.03. The van der Waals surface area contributed by atoms with Crippen LogP contribution in [-0.2, 0) is 0 Å². The van der Waals surface area contributed by atoms with Crippen LogP contribution in [0.15, 0.2) is 18.2 Å². The Kier molecular flexibility index (Phi) is 3.76. The van der Waals surface area contributed by atoms with Crippen molar-refractivity contribution in [3.05, 3.63) is 35.1 Å². The van der Waals surface area contributed by atoms with Crippen molar-refractivity contribution in [1.29, 1.82) is 0 Å². The Hall–Kier alpha value is -0.970. The molecule has 4 heteroatoms. The lowest BCUT2D eigenvalue weighted by atomic mass is 10.0. The van der Waals surface area contributed by atoms with Gasteiger partial charge in [0.25, 0.3) is 0 Å². The molecular weight excluding hydrogens is 221 g/mol.